The van der Waals surface area contributed by atoms with E-state index in [1.807, 2.05) is 6.92 Å². The molecule has 102 valence electrons. The van der Waals surface area contributed by atoms with Crippen molar-refractivity contribution in [3.63, 3.8) is 0 Å². The third kappa shape index (κ3) is 4.23. The summed E-state index contributed by atoms with van der Waals surface area (Å²) in [4.78, 5) is 0. The molecular formula is C14H21ClFNO. The second-order valence-electron chi connectivity index (χ2n) is 4.86. The highest BCUT2D eigenvalue weighted by molar-refractivity contribution is 6.31. The average Bonchev–Trinajstić information content (AvgIpc) is 2.27. The van der Waals surface area contributed by atoms with Gasteiger partial charge in [-0.25, -0.2) is 4.39 Å². The maximum Gasteiger partial charge on any atom is 0.124 e. The van der Waals surface area contributed by atoms with Crippen LogP contribution >= 0.6 is 11.6 Å². The number of hydrogen-bond donors (Lipinski definition) is 1. The molecule has 1 aromatic carbocycles. The quantitative estimate of drug-likeness (QED) is 0.851. The molecule has 1 rings (SSSR count). The topological polar surface area (TPSA) is 21.3 Å². The molecular weight excluding hydrogens is 253 g/mol. The summed E-state index contributed by atoms with van der Waals surface area (Å²) in [7, 11) is 1.69. The number of hydrogen-bond acceptors (Lipinski definition) is 2. The lowest BCUT2D eigenvalue weighted by atomic mass is 10.0. The summed E-state index contributed by atoms with van der Waals surface area (Å²) in [5, 5.41) is 3.92. The minimum atomic E-state index is -0.312. The summed E-state index contributed by atoms with van der Waals surface area (Å²) in [6, 6.07) is 4.79. The van der Waals surface area contributed by atoms with Crippen LogP contribution in [0.5, 0.6) is 0 Å². The van der Waals surface area contributed by atoms with E-state index in [2.05, 4.69) is 19.2 Å². The minimum absolute atomic E-state index is 0.0562. The normalized spacial score (nSPS) is 14.8. The second kappa shape index (κ2) is 7.07. The Bertz CT molecular complexity index is 384. The van der Waals surface area contributed by atoms with Crippen molar-refractivity contribution in [2.75, 3.05) is 13.7 Å². The Kier molecular flexibility index (Phi) is 6.06. The molecule has 1 N–H and O–H groups in total. The van der Waals surface area contributed by atoms with Crippen molar-refractivity contribution in [1.29, 1.82) is 0 Å². The first-order valence-corrected chi connectivity index (χ1v) is 6.53. The van der Waals surface area contributed by atoms with Gasteiger partial charge >= 0.3 is 0 Å². The zero-order valence-electron chi connectivity index (χ0n) is 11.3. The van der Waals surface area contributed by atoms with Crippen LogP contribution in [0.25, 0.3) is 0 Å². The van der Waals surface area contributed by atoms with E-state index >= 15 is 0 Å². The first-order valence-electron chi connectivity index (χ1n) is 6.15. The molecule has 2 unspecified atom stereocenters. The lowest BCUT2D eigenvalue weighted by molar-refractivity contribution is 0.141. The van der Waals surface area contributed by atoms with Crippen molar-refractivity contribution in [3.8, 4) is 0 Å². The van der Waals surface area contributed by atoms with Gasteiger partial charge < -0.3 is 10.1 Å². The third-order valence-electron chi connectivity index (χ3n) is 3.04. The predicted molar refractivity (Wildman–Crippen MR) is 73.5 cm³/mol. The van der Waals surface area contributed by atoms with Gasteiger partial charge in [0.2, 0.25) is 0 Å². The molecule has 0 aromatic heterocycles. The van der Waals surface area contributed by atoms with Crippen molar-refractivity contribution in [3.05, 3.63) is 34.6 Å². The summed E-state index contributed by atoms with van der Waals surface area (Å²) in [5.74, 6) is 0.139. The van der Waals surface area contributed by atoms with E-state index in [4.69, 9.17) is 16.3 Å². The maximum absolute atomic E-state index is 13.0. The lowest BCUT2D eigenvalue weighted by Gasteiger charge is -2.26. The van der Waals surface area contributed by atoms with Crippen LogP contribution in [-0.2, 0) is 4.74 Å². The zero-order valence-corrected chi connectivity index (χ0v) is 12.1. The van der Waals surface area contributed by atoms with Crippen molar-refractivity contribution in [1.82, 2.24) is 5.32 Å². The van der Waals surface area contributed by atoms with Crippen molar-refractivity contribution < 1.29 is 9.13 Å². The summed E-state index contributed by atoms with van der Waals surface area (Å²) in [6.07, 6.45) is 0. The molecule has 0 spiro atoms. The Balaban J connectivity index is 2.76. The predicted octanol–water partition coefficient (Wildman–Crippen LogP) is 3.80. The van der Waals surface area contributed by atoms with Gasteiger partial charge in [-0.05, 0) is 30.5 Å². The number of methoxy groups -OCH3 is 1. The fraction of sp³-hybridized carbons (Fsp3) is 0.571. The average molecular weight is 274 g/mol. The van der Waals surface area contributed by atoms with E-state index in [9.17, 15) is 4.39 Å². The van der Waals surface area contributed by atoms with E-state index in [0.717, 1.165) is 5.56 Å². The largest absolute Gasteiger partial charge is 0.383 e. The van der Waals surface area contributed by atoms with Crippen LogP contribution < -0.4 is 5.32 Å². The first kappa shape index (κ1) is 15.4. The molecule has 0 saturated heterocycles. The maximum atomic E-state index is 13.0. The van der Waals surface area contributed by atoms with Crippen molar-refractivity contribution in [2.45, 2.75) is 32.9 Å². The van der Waals surface area contributed by atoms with Gasteiger partial charge in [-0.2, -0.15) is 0 Å². The Labute approximate surface area is 113 Å². The van der Waals surface area contributed by atoms with Crippen LogP contribution in [0.15, 0.2) is 18.2 Å². The molecule has 0 radical (unpaired) electrons. The fourth-order valence-corrected chi connectivity index (χ4v) is 2.21. The number of benzene rings is 1. The number of rotatable bonds is 6. The van der Waals surface area contributed by atoms with Gasteiger partial charge in [-0.1, -0.05) is 31.5 Å². The highest BCUT2D eigenvalue weighted by Gasteiger charge is 2.18. The Hall–Kier alpha value is -0.640. The molecule has 4 heteroatoms. The Morgan fingerprint density at radius 1 is 1.33 bits per heavy atom. The molecule has 0 aliphatic carbocycles. The molecule has 0 fully saturated rings. The molecule has 0 saturated carbocycles. The minimum Gasteiger partial charge on any atom is -0.383 e. The van der Waals surface area contributed by atoms with E-state index in [1.54, 1.807) is 13.2 Å². The smallest absolute Gasteiger partial charge is 0.124 e. The molecule has 2 nitrogen and oxygen atoms in total. The van der Waals surface area contributed by atoms with Crippen LogP contribution in [0.1, 0.15) is 32.4 Å². The van der Waals surface area contributed by atoms with Gasteiger partial charge in [-0.15, -0.1) is 0 Å². The molecule has 0 bridgehead atoms. The van der Waals surface area contributed by atoms with Crippen LogP contribution in [0, 0.1) is 11.7 Å². The first-order chi connectivity index (χ1) is 8.45. The molecule has 2 atom stereocenters. The highest BCUT2D eigenvalue weighted by Crippen LogP contribution is 2.24. The van der Waals surface area contributed by atoms with E-state index in [-0.39, 0.29) is 17.9 Å². The monoisotopic (exact) mass is 273 g/mol. The van der Waals surface area contributed by atoms with Gasteiger partial charge in [0.25, 0.3) is 0 Å². The standard InChI is InChI=1S/C14H21ClFNO/c1-9(2)14(8-18-4)17-10(3)12-6-5-11(16)7-13(12)15/h5-7,9-10,14,17H,8H2,1-4H3. The molecule has 0 amide bonds. The second-order valence-corrected chi connectivity index (χ2v) is 5.27. The fourth-order valence-electron chi connectivity index (χ4n) is 1.88. The molecule has 0 heterocycles. The van der Waals surface area contributed by atoms with Crippen LogP contribution in [-0.4, -0.2) is 19.8 Å². The molecule has 18 heavy (non-hydrogen) atoms. The molecule has 1 aromatic rings. The van der Waals surface area contributed by atoms with Gasteiger partial charge in [0.05, 0.1) is 6.61 Å². The Morgan fingerprint density at radius 3 is 2.50 bits per heavy atom. The summed E-state index contributed by atoms with van der Waals surface area (Å²) in [5.41, 5.74) is 0.903. The number of ether oxygens (including phenoxy) is 1. The van der Waals surface area contributed by atoms with Crippen molar-refractivity contribution in [2.24, 2.45) is 5.92 Å². The van der Waals surface area contributed by atoms with E-state index < -0.39 is 0 Å². The highest BCUT2D eigenvalue weighted by atomic mass is 35.5. The summed E-state index contributed by atoms with van der Waals surface area (Å²) >= 11 is 6.05. The number of halogens is 2. The third-order valence-corrected chi connectivity index (χ3v) is 3.37. The summed E-state index contributed by atoms with van der Waals surface area (Å²) in [6.45, 7) is 6.93. The molecule has 0 aliphatic rings. The Morgan fingerprint density at radius 2 is 2.00 bits per heavy atom. The molecule has 0 aliphatic heterocycles. The van der Waals surface area contributed by atoms with E-state index in [1.165, 1.54) is 12.1 Å². The number of nitrogens with one attached hydrogen (secondary N) is 1. The van der Waals surface area contributed by atoms with Crippen LogP contribution in [0.2, 0.25) is 5.02 Å². The summed E-state index contributed by atoms with van der Waals surface area (Å²) < 4.78 is 18.2. The zero-order chi connectivity index (χ0) is 13.7. The van der Waals surface area contributed by atoms with Gasteiger partial charge in [0.1, 0.15) is 5.82 Å². The van der Waals surface area contributed by atoms with E-state index in [0.29, 0.717) is 17.5 Å². The van der Waals surface area contributed by atoms with Gasteiger partial charge in [0, 0.05) is 24.2 Å². The lowest BCUT2D eigenvalue weighted by Crippen LogP contribution is -2.39. The van der Waals surface area contributed by atoms with Crippen molar-refractivity contribution >= 4 is 11.6 Å². The van der Waals surface area contributed by atoms with Crippen LogP contribution in [0.4, 0.5) is 4.39 Å². The SMILES string of the molecule is COCC(NC(C)c1ccc(F)cc1Cl)C(C)C. The van der Waals surface area contributed by atoms with Crippen LogP contribution in [0.3, 0.4) is 0 Å². The van der Waals surface area contributed by atoms with Gasteiger partial charge in [0.15, 0.2) is 0 Å². The van der Waals surface area contributed by atoms with Gasteiger partial charge in [-0.3, -0.25) is 0 Å².